The molecule has 4 nitrogen and oxygen atoms in total. The summed E-state index contributed by atoms with van der Waals surface area (Å²) in [5, 5.41) is 14.7. The van der Waals surface area contributed by atoms with E-state index in [4.69, 9.17) is 0 Å². The van der Waals surface area contributed by atoms with Crippen LogP contribution in [0.3, 0.4) is 0 Å². The molecule has 116 valence electrons. The first kappa shape index (κ1) is 15.2. The highest BCUT2D eigenvalue weighted by molar-refractivity contribution is 7.13. The minimum absolute atomic E-state index is 0.165. The number of hydrogen-bond acceptors (Lipinski definition) is 4. The van der Waals surface area contributed by atoms with Crippen molar-refractivity contribution in [2.75, 3.05) is 6.54 Å². The number of amides is 1. The lowest BCUT2D eigenvalue weighted by Crippen LogP contribution is -2.25. The zero-order chi connectivity index (χ0) is 16.1. The fourth-order valence-electron chi connectivity index (χ4n) is 2.16. The van der Waals surface area contributed by atoms with Crippen LogP contribution in [0.4, 0.5) is 0 Å². The van der Waals surface area contributed by atoms with Gasteiger partial charge in [0.25, 0.3) is 5.91 Å². The lowest BCUT2D eigenvalue weighted by molar-refractivity contribution is 0.0950. The molecule has 0 aliphatic heterocycles. The number of aromatic nitrogens is 1. The highest BCUT2D eigenvalue weighted by atomic mass is 32.1. The monoisotopic (exact) mass is 324 g/mol. The van der Waals surface area contributed by atoms with Crippen molar-refractivity contribution in [3.8, 4) is 16.3 Å². The van der Waals surface area contributed by atoms with Gasteiger partial charge in [-0.2, -0.15) is 0 Å². The number of nitrogens with one attached hydrogen (secondary N) is 1. The molecule has 0 atom stereocenters. The summed E-state index contributed by atoms with van der Waals surface area (Å²) in [6.07, 6.45) is 0.710. The Balaban J connectivity index is 1.56. The van der Waals surface area contributed by atoms with Crippen molar-refractivity contribution >= 4 is 17.2 Å². The largest absolute Gasteiger partial charge is 0.508 e. The normalized spacial score (nSPS) is 10.4. The molecule has 0 saturated heterocycles. The molecule has 3 aromatic rings. The van der Waals surface area contributed by atoms with Gasteiger partial charge in [-0.3, -0.25) is 4.79 Å². The van der Waals surface area contributed by atoms with E-state index in [2.05, 4.69) is 10.3 Å². The van der Waals surface area contributed by atoms with Crippen molar-refractivity contribution in [3.63, 3.8) is 0 Å². The van der Waals surface area contributed by atoms with Gasteiger partial charge in [0.05, 0.1) is 0 Å². The number of nitrogens with zero attached hydrogens (tertiary/aromatic N) is 1. The highest BCUT2D eigenvalue weighted by Crippen LogP contribution is 2.23. The predicted octanol–water partition coefficient (Wildman–Crippen LogP) is 3.49. The van der Waals surface area contributed by atoms with Crippen LogP contribution in [-0.4, -0.2) is 22.5 Å². The number of hydrogen-bond donors (Lipinski definition) is 2. The molecular formula is C18H16N2O2S. The van der Waals surface area contributed by atoms with Crippen molar-refractivity contribution < 1.29 is 9.90 Å². The van der Waals surface area contributed by atoms with Gasteiger partial charge in [-0.25, -0.2) is 4.98 Å². The fourth-order valence-corrected chi connectivity index (χ4v) is 2.97. The van der Waals surface area contributed by atoms with E-state index in [0.29, 0.717) is 18.7 Å². The lowest BCUT2D eigenvalue weighted by Gasteiger charge is -2.04. The number of carbonyl (C=O) groups is 1. The van der Waals surface area contributed by atoms with Crippen molar-refractivity contribution in [2.45, 2.75) is 6.42 Å². The van der Waals surface area contributed by atoms with E-state index >= 15 is 0 Å². The Morgan fingerprint density at radius 3 is 2.57 bits per heavy atom. The van der Waals surface area contributed by atoms with Crippen LogP contribution in [0, 0.1) is 0 Å². The summed E-state index contributed by atoms with van der Waals surface area (Å²) < 4.78 is 0. The second-order valence-corrected chi connectivity index (χ2v) is 5.93. The van der Waals surface area contributed by atoms with E-state index in [1.165, 1.54) is 11.3 Å². The van der Waals surface area contributed by atoms with Crippen LogP contribution in [0.15, 0.2) is 60.0 Å². The number of phenolic OH excluding ortho intramolecular Hbond substituents is 1. The Hall–Kier alpha value is -2.66. The highest BCUT2D eigenvalue weighted by Gasteiger charge is 2.11. The summed E-state index contributed by atoms with van der Waals surface area (Å²) >= 11 is 1.46. The van der Waals surface area contributed by atoms with Gasteiger partial charge in [0.2, 0.25) is 0 Å². The first-order valence-electron chi connectivity index (χ1n) is 7.29. The van der Waals surface area contributed by atoms with Gasteiger partial charge in [-0.15, -0.1) is 11.3 Å². The maximum Gasteiger partial charge on any atom is 0.270 e. The van der Waals surface area contributed by atoms with Gasteiger partial charge >= 0.3 is 0 Å². The summed E-state index contributed by atoms with van der Waals surface area (Å²) in [4.78, 5) is 16.5. The molecule has 23 heavy (non-hydrogen) atoms. The van der Waals surface area contributed by atoms with Crippen molar-refractivity contribution in [1.82, 2.24) is 10.3 Å². The summed E-state index contributed by atoms with van der Waals surface area (Å²) in [5.41, 5.74) is 2.52. The fraction of sp³-hybridized carbons (Fsp3) is 0.111. The average molecular weight is 324 g/mol. The maximum atomic E-state index is 12.1. The molecule has 1 aromatic heterocycles. The maximum absolute atomic E-state index is 12.1. The molecule has 1 heterocycles. The van der Waals surface area contributed by atoms with E-state index < -0.39 is 0 Å². The summed E-state index contributed by atoms with van der Waals surface area (Å²) in [7, 11) is 0. The zero-order valence-electron chi connectivity index (χ0n) is 12.4. The van der Waals surface area contributed by atoms with E-state index in [0.717, 1.165) is 16.1 Å². The molecule has 0 spiro atoms. The van der Waals surface area contributed by atoms with Gasteiger partial charge in [-0.05, 0) is 24.1 Å². The van der Waals surface area contributed by atoms with E-state index in [1.807, 2.05) is 42.5 Å². The van der Waals surface area contributed by atoms with Gasteiger partial charge in [0.15, 0.2) is 0 Å². The molecule has 0 radical (unpaired) electrons. The molecule has 0 saturated carbocycles. The van der Waals surface area contributed by atoms with Crippen LogP contribution in [0.25, 0.3) is 10.6 Å². The first-order valence-corrected chi connectivity index (χ1v) is 8.17. The third kappa shape index (κ3) is 3.96. The molecule has 0 aliphatic rings. The minimum Gasteiger partial charge on any atom is -0.508 e. The van der Waals surface area contributed by atoms with Crippen LogP contribution in [-0.2, 0) is 6.42 Å². The van der Waals surface area contributed by atoms with Gasteiger partial charge < -0.3 is 10.4 Å². The quantitative estimate of drug-likeness (QED) is 0.755. The molecule has 2 aromatic carbocycles. The van der Waals surface area contributed by atoms with Gasteiger partial charge in [-0.1, -0.05) is 42.5 Å². The van der Waals surface area contributed by atoms with Crippen LogP contribution in [0.5, 0.6) is 5.75 Å². The molecule has 1 amide bonds. The molecule has 5 heteroatoms. The third-order valence-corrected chi connectivity index (χ3v) is 4.28. The second-order valence-electron chi connectivity index (χ2n) is 5.08. The van der Waals surface area contributed by atoms with Crippen LogP contribution in [0.1, 0.15) is 16.1 Å². The number of thiazole rings is 1. The van der Waals surface area contributed by atoms with E-state index in [-0.39, 0.29) is 11.7 Å². The number of rotatable bonds is 5. The first-order chi connectivity index (χ1) is 11.2. The molecule has 0 unspecified atom stereocenters. The predicted molar refractivity (Wildman–Crippen MR) is 91.7 cm³/mol. The van der Waals surface area contributed by atoms with Gasteiger partial charge in [0, 0.05) is 17.5 Å². The molecular weight excluding hydrogens is 308 g/mol. The zero-order valence-corrected chi connectivity index (χ0v) is 13.2. The Bertz CT molecular complexity index is 782. The van der Waals surface area contributed by atoms with E-state index in [1.54, 1.807) is 17.5 Å². The summed E-state index contributed by atoms with van der Waals surface area (Å²) in [6, 6.07) is 16.8. The minimum atomic E-state index is -0.165. The molecule has 0 fully saturated rings. The SMILES string of the molecule is O=C(NCCc1ccc(O)cc1)c1csc(-c2ccccc2)n1. The smallest absolute Gasteiger partial charge is 0.270 e. The standard InChI is InChI=1S/C18H16N2O2S/c21-15-8-6-13(7-9-15)10-11-19-17(22)16-12-23-18(20-16)14-4-2-1-3-5-14/h1-9,12,21H,10-11H2,(H,19,22). The molecule has 2 N–H and O–H groups in total. The Kier molecular flexibility index (Phi) is 4.68. The summed E-state index contributed by atoms with van der Waals surface area (Å²) in [6.45, 7) is 0.530. The summed E-state index contributed by atoms with van der Waals surface area (Å²) in [5.74, 6) is 0.0795. The Morgan fingerprint density at radius 1 is 1.09 bits per heavy atom. The number of benzene rings is 2. The second kappa shape index (κ2) is 7.07. The third-order valence-electron chi connectivity index (χ3n) is 3.39. The van der Waals surface area contributed by atoms with Crippen molar-refractivity contribution in [3.05, 3.63) is 71.2 Å². The number of carbonyl (C=O) groups excluding carboxylic acids is 1. The average Bonchev–Trinajstić information content (AvgIpc) is 3.07. The molecule has 0 bridgehead atoms. The Morgan fingerprint density at radius 2 is 1.83 bits per heavy atom. The Labute approximate surface area is 138 Å². The lowest BCUT2D eigenvalue weighted by atomic mass is 10.1. The topological polar surface area (TPSA) is 62.2 Å². The number of aromatic hydroxyl groups is 1. The molecule has 0 aliphatic carbocycles. The molecule has 3 rings (SSSR count). The van der Waals surface area contributed by atoms with Gasteiger partial charge in [0.1, 0.15) is 16.5 Å². The van der Waals surface area contributed by atoms with Crippen LogP contribution in [0.2, 0.25) is 0 Å². The van der Waals surface area contributed by atoms with Crippen LogP contribution < -0.4 is 5.32 Å². The van der Waals surface area contributed by atoms with Crippen LogP contribution >= 0.6 is 11.3 Å². The van der Waals surface area contributed by atoms with Crippen molar-refractivity contribution in [2.24, 2.45) is 0 Å². The van der Waals surface area contributed by atoms with Crippen molar-refractivity contribution in [1.29, 1.82) is 0 Å². The number of phenols is 1. The van der Waals surface area contributed by atoms with E-state index in [9.17, 15) is 9.90 Å².